The van der Waals surface area contributed by atoms with Gasteiger partial charge in [-0.25, -0.2) is 13.2 Å². The van der Waals surface area contributed by atoms with Crippen LogP contribution in [-0.4, -0.2) is 56.5 Å². The molecule has 1 aromatic rings. The molecule has 1 aliphatic carbocycles. The van der Waals surface area contributed by atoms with E-state index in [1.807, 2.05) is 24.3 Å². The van der Waals surface area contributed by atoms with E-state index in [0.717, 1.165) is 24.2 Å². The van der Waals surface area contributed by atoms with E-state index in [0.29, 0.717) is 32.4 Å². The van der Waals surface area contributed by atoms with Crippen molar-refractivity contribution in [1.29, 1.82) is 0 Å². The zero-order valence-electron chi connectivity index (χ0n) is 18.8. The lowest BCUT2D eigenvalue weighted by Gasteiger charge is -2.21. The Morgan fingerprint density at radius 1 is 1.13 bits per heavy atom. The Morgan fingerprint density at radius 2 is 1.87 bits per heavy atom. The first kappa shape index (κ1) is 23.6. The van der Waals surface area contributed by atoms with Crippen LogP contribution in [-0.2, 0) is 20.0 Å². The van der Waals surface area contributed by atoms with E-state index in [1.165, 1.54) is 4.90 Å². The van der Waals surface area contributed by atoms with Gasteiger partial charge in [0.05, 0.1) is 18.1 Å². The second kappa shape index (κ2) is 9.18. The lowest BCUT2D eigenvalue weighted by molar-refractivity contribution is -0.118. The van der Waals surface area contributed by atoms with Gasteiger partial charge in [-0.05, 0) is 48.8 Å². The van der Waals surface area contributed by atoms with Crippen molar-refractivity contribution in [2.45, 2.75) is 58.3 Å². The highest BCUT2D eigenvalue weighted by molar-refractivity contribution is 7.91. The average molecular weight is 451 g/mol. The number of hydrogen-bond donors (Lipinski definition) is 1. The normalized spacial score (nSPS) is 18.2. The van der Waals surface area contributed by atoms with Crippen LogP contribution in [0.25, 0.3) is 0 Å². The molecule has 1 aliphatic heterocycles. The smallest absolute Gasteiger partial charge is 0.324 e. The van der Waals surface area contributed by atoms with Crippen molar-refractivity contribution >= 4 is 21.8 Å². The third-order valence-corrected chi connectivity index (χ3v) is 7.62. The Hall–Kier alpha value is -2.09. The maximum atomic E-state index is 12.8. The highest BCUT2D eigenvalue weighted by Crippen LogP contribution is 2.50. The summed E-state index contributed by atoms with van der Waals surface area (Å²) in [4.78, 5) is 24.2. The number of nitrogens with one attached hydrogen (secondary N) is 1. The molecular weight excluding hydrogens is 416 g/mol. The summed E-state index contributed by atoms with van der Waals surface area (Å²) in [5.74, 6) is 0.835. The summed E-state index contributed by atoms with van der Waals surface area (Å²) in [6, 6.07) is 7.51. The molecule has 172 valence electrons. The number of imide groups is 1. The molecule has 1 aromatic carbocycles. The molecule has 2 fully saturated rings. The maximum absolute atomic E-state index is 12.8. The third kappa shape index (κ3) is 6.95. The fourth-order valence-electron chi connectivity index (χ4n) is 3.84. The van der Waals surface area contributed by atoms with Crippen LogP contribution in [0.4, 0.5) is 4.79 Å². The highest BCUT2D eigenvalue weighted by atomic mass is 32.2. The number of urea groups is 1. The summed E-state index contributed by atoms with van der Waals surface area (Å²) >= 11 is 0. The van der Waals surface area contributed by atoms with Crippen LogP contribution >= 0.6 is 0 Å². The molecule has 0 radical (unpaired) electrons. The Balaban J connectivity index is 1.47. The first-order valence-electron chi connectivity index (χ1n) is 11.0. The fourth-order valence-corrected chi connectivity index (χ4v) is 5.93. The summed E-state index contributed by atoms with van der Waals surface area (Å²) in [5, 5.41) is 2.24. The maximum Gasteiger partial charge on any atom is 0.324 e. The summed E-state index contributed by atoms with van der Waals surface area (Å²) in [7, 11) is -3.18. The van der Waals surface area contributed by atoms with Gasteiger partial charge in [-0.1, -0.05) is 39.3 Å². The van der Waals surface area contributed by atoms with Crippen LogP contribution in [0.5, 0.6) is 5.75 Å². The second-order valence-corrected chi connectivity index (χ2v) is 12.3. The standard InChI is InChI=1S/C23H34N2O5S/c1-22(2,3)16-30-19-9-7-8-18(14-19)23(10-11-23)17-31(28,29)13-6-4-5-12-25-15-20(26)24-21(25)27/h7-9,14H,4-6,10-13,15-17H2,1-3H3,(H,24,26,27). The molecule has 3 amide bonds. The predicted octanol–water partition coefficient (Wildman–Crippen LogP) is 3.28. The number of carbonyl (C=O) groups excluding carboxylic acids is 2. The molecule has 0 unspecified atom stereocenters. The Bertz CT molecular complexity index is 916. The van der Waals surface area contributed by atoms with Crippen molar-refractivity contribution in [2.75, 3.05) is 31.2 Å². The molecule has 1 heterocycles. The Morgan fingerprint density at radius 3 is 2.48 bits per heavy atom. The molecule has 31 heavy (non-hydrogen) atoms. The molecule has 1 N–H and O–H groups in total. The van der Waals surface area contributed by atoms with Crippen molar-refractivity contribution in [3.8, 4) is 5.75 Å². The molecule has 1 saturated carbocycles. The zero-order chi connectivity index (χ0) is 22.7. The van der Waals surface area contributed by atoms with E-state index in [2.05, 4.69) is 26.1 Å². The minimum absolute atomic E-state index is 0.0602. The summed E-state index contributed by atoms with van der Waals surface area (Å²) < 4.78 is 31.4. The number of ether oxygens (including phenoxy) is 1. The molecule has 1 saturated heterocycles. The molecule has 0 aromatic heterocycles. The minimum atomic E-state index is -3.18. The number of amides is 3. The number of rotatable bonds is 11. The van der Waals surface area contributed by atoms with Crippen LogP contribution in [0.15, 0.2) is 24.3 Å². The van der Waals surface area contributed by atoms with Gasteiger partial charge >= 0.3 is 6.03 Å². The number of nitrogens with zero attached hydrogens (tertiary/aromatic N) is 1. The molecule has 3 rings (SSSR count). The number of sulfone groups is 1. The molecule has 8 heteroatoms. The van der Waals surface area contributed by atoms with Crippen molar-refractivity contribution in [2.24, 2.45) is 5.41 Å². The SMILES string of the molecule is CC(C)(C)COc1cccc(C2(CS(=O)(=O)CCCCCN3CC(=O)NC3=O)CC2)c1. The first-order chi connectivity index (χ1) is 14.5. The Labute approximate surface area is 185 Å². The highest BCUT2D eigenvalue weighted by Gasteiger charge is 2.47. The topological polar surface area (TPSA) is 92.8 Å². The Kier molecular flexibility index (Phi) is 6.98. The lowest BCUT2D eigenvalue weighted by Crippen LogP contribution is -2.29. The number of carbonyl (C=O) groups is 2. The van der Waals surface area contributed by atoms with E-state index in [4.69, 9.17) is 4.74 Å². The van der Waals surface area contributed by atoms with Crippen LogP contribution in [0.3, 0.4) is 0 Å². The van der Waals surface area contributed by atoms with Gasteiger partial charge in [-0.3, -0.25) is 10.1 Å². The van der Waals surface area contributed by atoms with Gasteiger partial charge in [-0.15, -0.1) is 0 Å². The van der Waals surface area contributed by atoms with Crippen molar-refractivity contribution in [3.05, 3.63) is 29.8 Å². The zero-order valence-corrected chi connectivity index (χ0v) is 19.6. The van der Waals surface area contributed by atoms with Gasteiger partial charge in [0.1, 0.15) is 12.3 Å². The first-order valence-corrected chi connectivity index (χ1v) is 12.8. The van der Waals surface area contributed by atoms with Gasteiger partial charge in [0.25, 0.3) is 0 Å². The van der Waals surface area contributed by atoms with Gasteiger partial charge in [0, 0.05) is 12.0 Å². The van der Waals surface area contributed by atoms with Crippen LogP contribution in [0, 0.1) is 5.41 Å². The van der Waals surface area contributed by atoms with Crippen LogP contribution in [0.2, 0.25) is 0 Å². The van der Waals surface area contributed by atoms with Gasteiger partial charge < -0.3 is 9.64 Å². The molecular formula is C23H34N2O5S. The predicted molar refractivity (Wildman–Crippen MR) is 120 cm³/mol. The van der Waals surface area contributed by atoms with Gasteiger partial charge in [0.2, 0.25) is 5.91 Å². The molecule has 0 spiro atoms. The van der Waals surface area contributed by atoms with E-state index < -0.39 is 9.84 Å². The van der Waals surface area contributed by atoms with E-state index in [-0.39, 0.29) is 40.8 Å². The molecule has 2 aliphatic rings. The number of benzene rings is 1. The van der Waals surface area contributed by atoms with Crippen LogP contribution < -0.4 is 10.1 Å². The van der Waals surface area contributed by atoms with Crippen LogP contribution in [0.1, 0.15) is 58.4 Å². The summed E-state index contributed by atoms with van der Waals surface area (Å²) in [6.07, 6.45) is 3.73. The number of unbranched alkanes of at least 4 members (excludes halogenated alkanes) is 2. The second-order valence-electron chi connectivity index (χ2n) is 10.1. The van der Waals surface area contributed by atoms with E-state index >= 15 is 0 Å². The quantitative estimate of drug-likeness (QED) is 0.413. The van der Waals surface area contributed by atoms with Gasteiger partial charge in [0.15, 0.2) is 9.84 Å². The molecule has 0 atom stereocenters. The third-order valence-electron chi connectivity index (χ3n) is 5.72. The van der Waals surface area contributed by atoms with Crippen molar-refractivity contribution in [3.63, 3.8) is 0 Å². The van der Waals surface area contributed by atoms with E-state index in [1.54, 1.807) is 0 Å². The summed E-state index contributed by atoms with van der Waals surface area (Å²) in [5.41, 5.74) is 0.825. The van der Waals surface area contributed by atoms with E-state index in [9.17, 15) is 18.0 Å². The van der Waals surface area contributed by atoms with Gasteiger partial charge in [-0.2, -0.15) is 0 Å². The fraction of sp³-hybridized carbons (Fsp3) is 0.652. The van der Waals surface area contributed by atoms with Crippen molar-refractivity contribution < 1.29 is 22.7 Å². The molecule has 7 nitrogen and oxygen atoms in total. The lowest BCUT2D eigenvalue weighted by atomic mass is 9.97. The summed E-state index contributed by atoms with van der Waals surface area (Å²) in [6.45, 7) is 7.53. The molecule has 0 bridgehead atoms. The number of hydrogen-bond acceptors (Lipinski definition) is 5. The monoisotopic (exact) mass is 450 g/mol. The largest absolute Gasteiger partial charge is 0.493 e. The average Bonchev–Trinajstić information content (AvgIpc) is 3.37. The minimum Gasteiger partial charge on any atom is -0.493 e. The van der Waals surface area contributed by atoms with Crippen molar-refractivity contribution in [1.82, 2.24) is 10.2 Å².